The third-order valence-electron chi connectivity index (χ3n) is 3.22. The van der Waals surface area contributed by atoms with Gasteiger partial charge in [-0.2, -0.15) is 5.10 Å². The highest BCUT2D eigenvalue weighted by atomic mass is 32.1. The molecule has 0 radical (unpaired) electrons. The lowest BCUT2D eigenvalue weighted by molar-refractivity contribution is 0.886. The maximum atomic E-state index is 5.26. The van der Waals surface area contributed by atoms with E-state index in [1.54, 1.807) is 0 Å². The summed E-state index contributed by atoms with van der Waals surface area (Å²) in [7, 11) is 0. The molecule has 0 atom stereocenters. The predicted molar refractivity (Wildman–Crippen MR) is 81.2 cm³/mol. The molecule has 2 rings (SSSR count). The first-order valence-corrected chi connectivity index (χ1v) is 6.76. The fourth-order valence-corrected chi connectivity index (χ4v) is 2.33. The Labute approximate surface area is 114 Å². The molecule has 0 unspecified atom stereocenters. The summed E-state index contributed by atoms with van der Waals surface area (Å²) in [5, 5.41) is 8.12. The van der Waals surface area contributed by atoms with Crippen LogP contribution in [-0.2, 0) is 0 Å². The van der Waals surface area contributed by atoms with Crippen molar-refractivity contribution in [2.75, 3.05) is 5.32 Å². The van der Waals surface area contributed by atoms with Crippen molar-refractivity contribution in [2.45, 2.75) is 39.5 Å². The van der Waals surface area contributed by atoms with Crippen LogP contribution in [0.25, 0.3) is 0 Å². The Balaban J connectivity index is 1.96. The molecule has 1 aliphatic rings. The SMILES string of the molecule is Cc1cccc(C)c1NC(=S)NN=C1CCCC1. The third kappa shape index (κ3) is 3.29. The van der Waals surface area contributed by atoms with Gasteiger partial charge >= 0.3 is 0 Å². The number of rotatable bonds is 2. The average Bonchev–Trinajstić information content (AvgIpc) is 2.84. The Kier molecular flexibility index (Phi) is 4.31. The van der Waals surface area contributed by atoms with E-state index in [1.165, 1.54) is 29.7 Å². The monoisotopic (exact) mass is 261 g/mol. The van der Waals surface area contributed by atoms with Gasteiger partial charge in [-0.15, -0.1) is 0 Å². The van der Waals surface area contributed by atoms with Crippen molar-refractivity contribution in [3.05, 3.63) is 29.3 Å². The quantitative estimate of drug-likeness (QED) is 0.631. The number of hydrogen-bond acceptors (Lipinski definition) is 2. The lowest BCUT2D eigenvalue weighted by Gasteiger charge is -2.12. The van der Waals surface area contributed by atoms with Gasteiger partial charge in [0.25, 0.3) is 0 Å². The van der Waals surface area contributed by atoms with Gasteiger partial charge < -0.3 is 5.32 Å². The first-order chi connectivity index (χ1) is 8.66. The predicted octanol–water partition coefficient (Wildman–Crippen LogP) is 3.52. The largest absolute Gasteiger partial charge is 0.331 e. The highest BCUT2D eigenvalue weighted by Gasteiger charge is 2.08. The van der Waals surface area contributed by atoms with Gasteiger partial charge in [-0.05, 0) is 62.9 Å². The molecule has 1 aromatic rings. The first kappa shape index (κ1) is 13.0. The molecule has 0 saturated heterocycles. The second-order valence-corrected chi connectivity index (χ2v) is 5.13. The molecule has 18 heavy (non-hydrogen) atoms. The Morgan fingerprint density at radius 1 is 1.17 bits per heavy atom. The van der Waals surface area contributed by atoms with Gasteiger partial charge in [0.05, 0.1) is 0 Å². The Bertz CT molecular complexity index is 452. The van der Waals surface area contributed by atoms with E-state index in [4.69, 9.17) is 12.2 Å². The zero-order chi connectivity index (χ0) is 13.0. The van der Waals surface area contributed by atoms with Crippen LogP contribution in [0.1, 0.15) is 36.8 Å². The smallest absolute Gasteiger partial charge is 0.191 e. The Morgan fingerprint density at radius 3 is 2.39 bits per heavy atom. The van der Waals surface area contributed by atoms with Crippen LogP contribution in [0.5, 0.6) is 0 Å². The van der Waals surface area contributed by atoms with Crippen LogP contribution in [-0.4, -0.2) is 10.8 Å². The molecule has 3 nitrogen and oxygen atoms in total. The standard InChI is InChI=1S/C14H19N3S/c1-10-6-5-7-11(2)13(10)15-14(18)17-16-12-8-3-4-9-12/h5-7H,3-4,8-9H2,1-2H3,(H2,15,17,18). The molecular formula is C14H19N3S. The van der Waals surface area contributed by atoms with Gasteiger partial charge in [-0.1, -0.05) is 18.2 Å². The molecule has 1 aliphatic carbocycles. The highest BCUT2D eigenvalue weighted by Crippen LogP contribution is 2.19. The van der Waals surface area contributed by atoms with Crippen molar-refractivity contribution < 1.29 is 0 Å². The van der Waals surface area contributed by atoms with E-state index in [-0.39, 0.29) is 0 Å². The summed E-state index contributed by atoms with van der Waals surface area (Å²) < 4.78 is 0. The third-order valence-corrected chi connectivity index (χ3v) is 3.41. The Morgan fingerprint density at radius 2 is 1.78 bits per heavy atom. The van der Waals surface area contributed by atoms with Gasteiger partial charge in [0.2, 0.25) is 0 Å². The summed E-state index contributed by atoms with van der Waals surface area (Å²) in [6, 6.07) is 6.19. The molecule has 1 fully saturated rings. The molecule has 0 aromatic heterocycles. The van der Waals surface area contributed by atoms with Crippen molar-refractivity contribution in [2.24, 2.45) is 5.10 Å². The lowest BCUT2D eigenvalue weighted by atomic mass is 10.1. The van der Waals surface area contributed by atoms with E-state index >= 15 is 0 Å². The van der Waals surface area contributed by atoms with Crippen LogP contribution in [0.2, 0.25) is 0 Å². The number of aryl methyl sites for hydroxylation is 2. The number of anilines is 1. The number of thiocarbonyl (C=S) groups is 1. The second-order valence-electron chi connectivity index (χ2n) is 4.72. The molecular weight excluding hydrogens is 242 g/mol. The maximum Gasteiger partial charge on any atom is 0.191 e. The minimum atomic E-state index is 0.562. The van der Waals surface area contributed by atoms with Gasteiger partial charge in [0.15, 0.2) is 5.11 Å². The van der Waals surface area contributed by atoms with E-state index in [1.807, 2.05) is 6.07 Å². The molecule has 0 bridgehead atoms. The highest BCUT2D eigenvalue weighted by molar-refractivity contribution is 7.80. The molecule has 1 saturated carbocycles. The molecule has 4 heteroatoms. The van der Waals surface area contributed by atoms with Crippen LogP contribution < -0.4 is 10.7 Å². The number of hydrazone groups is 1. The number of nitrogens with one attached hydrogen (secondary N) is 2. The van der Waals surface area contributed by atoms with Crippen molar-refractivity contribution in [3.63, 3.8) is 0 Å². The molecule has 96 valence electrons. The molecule has 0 aliphatic heterocycles. The minimum absolute atomic E-state index is 0.562. The zero-order valence-electron chi connectivity index (χ0n) is 10.9. The second kappa shape index (κ2) is 5.96. The van der Waals surface area contributed by atoms with Gasteiger partial charge in [-0.25, -0.2) is 0 Å². The van der Waals surface area contributed by atoms with Gasteiger partial charge in [0, 0.05) is 11.4 Å². The summed E-state index contributed by atoms with van der Waals surface area (Å²) in [6.07, 6.45) is 4.69. The number of benzene rings is 1. The minimum Gasteiger partial charge on any atom is -0.331 e. The zero-order valence-corrected chi connectivity index (χ0v) is 11.7. The summed E-state index contributed by atoms with van der Waals surface area (Å²) in [5.74, 6) is 0. The fourth-order valence-electron chi connectivity index (χ4n) is 2.18. The lowest BCUT2D eigenvalue weighted by Crippen LogP contribution is -2.25. The van der Waals surface area contributed by atoms with E-state index < -0.39 is 0 Å². The number of hydrogen-bond donors (Lipinski definition) is 2. The number of para-hydroxylation sites is 1. The van der Waals surface area contributed by atoms with Gasteiger partial charge in [-0.3, -0.25) is 5.43 Å². The molecule has 2 N–H and O–H groups in total. The topological polar surface area (TPSA) is 36.4 Å². The van der Waals surface area contributed by atoms with Crippen LogP contribution in [0, 0.1) is 13.8 Å². The summed E-state index contributed by atoms with van der Waals surface area (Å²) in [4.78, 5) is 0. The van der Waals surface area contributed by atoms with Crippen LogP contribution in [0.15, 0.2) is 23.3 Å². The van der Waals surface area contributed by atoms with Gasteiger partial charge in [0.1, 0.15) is 0 Å². The number of nitrogens with zero attached hydrogens (tertiary/aromatic N) is 1. The average molecular weight is 261 g/mol. The summed E-state index contributed by atoms with van der Waals surface area (Å²) in [5.41, 5.74) is 7.60. The van der Waals surface area contributed by atoms with E-state index in [9.17, 15) is 0 Å². The first-order valence-electron chi connectivity index (χ1n) is 6.35. The summed E-state index contributed by atoms with van der Waals surface area (Å²) >= 11 is 5.26. The summed E-state index contributed by atoms with van der Waals surface area (Å²) in [6.45, 7) is 4.14. The van der Waals surface area contributed by atoms with Crippen molar-refractivity contribution >= 4 is 28.7 Å². The van der Waals surface area contributed by atoms with Crippen molar-refractivity contribution in [1.82, 2.24) is 5.43 Å². The van der Waals surface area contributed by atoms with Crippen LogP contribution in [0.3, 0.4) is 0 Å². The fraction of sp³-hybridized carbons (Fsp3) is 0.429. The molecule has 0 spiro atoms. The molecule has 0 amide bonds. The van der Waals surface area contributed by atoms with Crippen molar-refractivity contribution in [3.8, 4) is 0 Å². The van der Waals surface area contributed by atoms with Crippen LogP contribution in [0.4, 0.5) is 5.69 Å². The van der Waals surface area contributed by atoms with Crippen molar-refractivity contribution in [1.29, 1.82) is 0 Å². The molecule has 1 aromatic carbocycles. The van der Waals surface area contributed by atoms with E-state index in [2.05, 4.69) is 41.8 Å². The Hall–Kier alpha value is -1.42. The molecule has 0 heterocycles. The maximum absolute atomic E-state index is 5.26. The normalized spacial score (nSPS) is 14.4. The van der Waals surface area contributed by atoms with E-state index in [0.29, 0.717) is 5.11 Å². The van der Waals surface area contributed by atoms with Crippen LogP contribution >= 0.6 is 12.2 Å². The van der Waals surface area contributed by atoms with E-state index in [0.717, 1.165) is 18.5 Å².